The van der Waals surface area contributed by atoms with Crippen molar-refractivity contribution < 1.29 is 28.8 Å². The first-order chi connectivity index (χ1) is 14.3. The molecule has 1 aliphatic heterocycles. The van der Waals surface area contributed by atoms with Crippen LogP contribution < -0.4 is 15.2 Å². The molecule has 10 heteroatoms. The van der Waals surface area contributed by atoms with E-state index in [0.717, 1.165) is 11.1 Å². The molecule has 0 radical (unpaired) electrons. The van der Waals surface area contributed by atoms with Gasteiger partial charge in [-0.05, 0) is 31.2 Å². The number of para-hydroxylation sites is 1. The maximum absolute atomic E-state index is 12.8. The van der Waals surface area contributed by atoms with E-state index in [9.17, 15) is 24.5 Å². The summed E-state index contributed by atoms with van der Waals surface area (Å²) in [6.45, 7) is 1.44. The van der Waals surface area contributed by atoms with E-state index in [0.29, 0.717) is 5.69 Å². The molecule has 1 unspecified atom stereocenters. The van der Waals surface area contributed by atoms with Gasteiger partial charge in [0.1, 0.15) is 11.3 Å². The molecule has 1 N–H and O–H groups in total. The van der Waals surface area contributed by atoms with Crippen molar-refractivity contribution in [2.75, 3.05) is 12.1 Å². The predicted molar refractivity (Wildman–Crippen MR) is 105 cm³/mol. The standard InChI is InChI=1S/C20H17N3O7/c1-12(20(26)29-2)30-17-9-8-15(23(27)28)10-13(17)11-16-18(24)21-22(19(16)25)14-6-4-3-5-7-14/h3-12H,1-2H3,(H,21,24). The lowest BCUT2D eigenvalue weighted by Gasteiger charge is -2.15. The minimum absolute atomic E-state index is 0.0739. The van der Waals surface area contributed by atoms with Crippen LogP contribution in [-0.2, 0) is 19.1 Å². The summed E-state index contributed by atoms with van der Waals surface area (Å²) >= 11 is 0. The van der Waals surface area contributed by atoms with Crippen LogP contribution in [0, 0.1) is 10.1 Å². The lowest BCUT2D eigenvalue weighted by atomic mass is 10.1. The van der Waals surface area contributed by atoms with Crippen LogP contribution in [0.3, 0.4) is 0 Å². The van der Waals surface area contributed by atoms with Crippen molar-refractivity contribution in [2.24, 2.45) is 0 Å². The topological polar surface area (TPSA) is 128 Å². The van der Waals surface area contributed by atoms with Crippen molar-refractivity contribution in [2.45, 2.75) is 13.0 Å². The number of nitro groups is 1. The van der Waals surface area contributed by atoms with E-state index in [2.05, 4.69) is 10.2 Å². The zero-order chi connectivity index (χ0) is 21.8. The Morgan fingerprint density at radius 3 is 2.53 bits per heavy atom. The van der Waals surface area contributed by atoms with Gasteiger partial charge in [0.15, 0.2) is 6.10 Å². The number of anilines is 1. The Morgan fingerprint density at radius 1 is 1.20 bits per heavy atom. The molecule has 0 bridgehead atoms. The number of ether oxygens (including phenoxy) is 2. The number of esters is 1. The molecule has 2 aromatic carbocycles. The van der Waals surface area contributed by atoms with Crippen LogP contribution in [0.15, 0.2) is 54.1 Å². The van der Waals surface area contributed by atoms with Crippen molar-refractivity contribution >= 4 is 35.2 Å². The number of non-ortho nitro benzene ring substituents is 1. The molecule has 30 heavy (non-hydrogen) atoms. The molecule has 2 amide bonds. The Bertz CT molecular complexity index is 1050. The molecule has 1 saturated heterocycles. The fourth-order valence-corrected chi connectivity index (χ4v) is 2.75. The molecule has 1 aliphatic rings. The SMILES string of the molecule is COC(=O)C(C)Oc1ccc([N+](=O)[O-])cc1C=C1C(=O)NN(c2ccccc2)C1=O. The van der Waals surface area contributed by atoms with Crippen molar-refractivity contribution in [1.29, 1.82) is 0 Å². The van der Waals surface area contributed by atoms with Gasteiger partial charge in [0.05, 0.1) is 17.7 Å². The Labute approximate surface area is 170 Å². The molecule has 1 atom stereocenters. The van der Waals surface area contributed by atoms with Gasteiger partial charge in [-0.1, -0.05) is 18.2 Å². The summed E-state index contributed by atoms with van der Waals surface area (Å²) in [6.07, 6.45) is 0.176. The third-order valence-electron chi connectivity index (χ3n) is 4.25. The number of nitrogens with zero attached hydrogens (tertiary/aromatic N) is 2. The molecular weight excluding hydrogens is 394 g/mol. The van der Waals surface area contributed by atoms with Gasteiger partial charge in [-0.2, -0.15) is 0 Å². The number of benzene rings is 2. The highest BCUT2D eigenvalue weighted by molar-refractivity contribution is 6.31. The van der Waals surface area contributed by atoms with Crippen molar-refractivity contribution in [3.63, 3.8) is 0 Å². The predicted octanol–water partition coefficient (Wildman–Crippen LogP) is 2.00. The van der Waals surface area contributed by atoms with E-state index in [1.54, 1.807) is 30.3 Å². The van der Waals surface area contributed by atoms with Crippen molar-refractivity contribution in [3.05, 3.63) is 69.8 Å². The van der Waals surface area contributed by atoms with Crippen LogP contribution >= 0.6 is 0 Å². The second-order valence-corrected chi connectivity index (χ2v) is 6.24. The summed E-state index contributed by atoms with van der Waals surface area (Å²) in [5.41, 5.74) is 2.47. The second-order valence-electron chi connectivity index (χ2n) is 6.24. The van der Waals surface area contributed by atoms with Crippen LogP contribution in [-0.4, -0.2) is 35.9 Å². The van der Waals surface area contributed by atoms with Gasteiger partial charge < -0.3 is 9.47 Å². The molecule has 2 aromatic rings. The van der Waals surface area contributed by atoms with Gasteiger partial charge in [0, 0.05) is 17.7 Å². The number of carbonyl (C=O) groups excluding carboxylic acids is 3. The Kier molecular flexibility index (Phi) is 5.77. The second kappa shape index (κ2) is 8.43. The fourth-order valence-electron chi connectivity index (χ4n) is 2.75. The number of carbonyl (C=O) groups is 3. The van der Waals surface area contributed by atoms with E-state index >= 15 is 0 Å². The highest BCUT2D eigenvalue weighted by atomic mass is 16.6. The number of amides is 2. The smallest absolute Gasteiger partial charge is 0.346 e. The molecule has 0 saturated carbocycles. The van der Waals surface area contributed by atoms with Gasteiger partial charge in [0.2, 0.25) is 0 Å². The van der Waals surface area contributed by atoms with Crippen molar-refractivity contribution in [1.82, 2.24) is 5.43 Å². The molecule has 0 aliphatic carbocycles. The summed E-state index contributed by atoms with van der Waals surface area (Å²) in [4.78, 5) is 47.3. The Balaban J connectivity index is 2.00. The number of hydrogen-bond acceptors (Lipinski definition) is 7. The third-order valence-corrected chi connectivity index (χ3v) is 4.25. The maximum atomic E-state index is 12.8. The summed E-state index contributed by atoms with van der Waals surface area (Å²) < 4.78 is 10.1. The summed E-state index contributed by atoms with van der Waals surface area (Å²) in [6, 6.07) is 12.1. The highest BCUT2D eigenvalue weighted by Crippen LogP contribution is 2.29. The largest absolute Gasteiger partial charge is 0.478 e. The first-order valence-corrected chi connectivity index (χ1v) is 8.77. The summed E-state index contributed by atoms with van der Waals surface area (Å²) in [7, 11) is 1.20. The average Bonchev–Trinajstić information content (AvgIpc) is 3.02. The molecule has 1 heterocycles. The van der Waals surface area contributed by atoms with Crippen LogP contribution in [0.25, 0.3) is 6.08 Å². The summed E-state index contributed by atoms with van der Waals surface area (Å²) in [5.74, 6) is -1.89. The number of nitrogens with one attached hydrogen (secondary N) is 1. The van der Waals surface area contributed by atoms with E-state index in [4.69, 9.17) is 4.74 Å². The lowest BCUT2D eigenvalue weighted by molar-refractivity contribution is -0.384. The number of hydrogen-bond donors (Lipinski definition) is 1. The van der Waals surface area contributed by atoms with Crippen molar-refractivity contribution in [3.8, 4) is 5.75 Å². The molecule has 0 aromatic heterocycles. The minimum Gasteiger partial charge on any atom is -0.478 e. The van der Waals surface area contributed by atoms with E-state index in [-0.39, 0.29) is 22.6 Å². The van der Waals surface area contributed by atoms with Crippen LogP contribution in [0.1, 0.15) is 12.5 Å². The molecule has 1 fully saturated rings. The van der Waals surface area contributed by atoms with Gasteiger partial charge in [-0.25, -0.2) is 9.80 Å². The van der Waals surface area contributed by atoms with Gasteiger partial charge >= 0.3 is 5.97 Å². The van der Waals surface area contributed by atoms with Gasteiger partial charge in [-0.3, -0.25) is 25.1 Å². The highest BCUT2D eigenvalue weighted by Gasteiger charge is 2.34. The van der Waals surface area contributed by atoms with Crippen LogP contribution in [0.4, 0.5) is 11.4 Å². The monoisotopic (exact) mass is 411 g/mol. The van der Waals surface area contributed by atoms with Crippen LogP contribution in [0.2, 0.25) is 0 Å². The molecule has 154 valence electrons. The molecular formula is C20H17N3O7. The first-order valence-electron chi connectivity index (χ1n) is 8.77. The van der Waals surface area contributed by atoms with Gasteiger partial charge in [0.25, 0.3) is 17.5 Å². The fraction of sp³-hybridized carbons (Fsp3) is 0.150. The summed E-state index contributed by atoms with van der Waals surface area (Å²) in [5, 5.41) is 12.2. The van der Waals surface area contributed by atoms with Crippen LogP contribution in [0.5, 0.6) is 5.75 Å². The average molecular weight is 411 g/mol. The van der Waals surface area contributed by atoms with Gasteiger partial charge in [-0.15, -0.1) is 0 Å². The molecule has 3 rings (SSSR count). The Morgan fingerprint density at radius 2 is 1.90 bits per heavy atom. The number of nitro benzene ring substituents is 1. The minimum atomic E-state index is -1.01. The maximum Gasteiger partial charge on any atom is 0.346 e. The van der Waals surface area contributed by atoms with E-state index < -0.39 is 28.8 Å². The molecule has 0 spiro atoms. The number of rotatable bonds is 6. The number of methoxy groups -OCH3 is 1. The first kappa shape index (κ1) is 20.5. The zero-order valence-corrected chi connectivity index (χ0v) is 16.0. The zero-order valence-electron chi connectivity index (χ0n) is 16.0. The third kappa shape index (κ3) is 4.12. The number of hydrazine groups is 1. The normalized spacial score (nSPS) is 15.7. The van der Waals surface area contributed by atoms with E-state index in [1.165, 1.54) is 32.2 Å². The molecule has 10 nitrogen and oxygen atoms in total. The van der Waals surface area contributed by atoms with E-state index in [1.807, 2.05) is 0 Å². The Hall–Kier alpha value is -4.21. The lowest BCUT2D eigenvalue weighted by Crippen LogP contribution is -2.35. The quantitative estimate of drug-likeness (QED) is 0.253.